The number of allylic oxidation sites excluding steroid dienone is 1. The Morgan fingerprint density at radius 3 is 2.47 bits per heavy atom. The largest absolute Gasteiger partial charge is 0.298 e. The summed E-state index contributed by atoms with van der Waals surface area (Å²) in [4.78, 5) is 13.9. The van der Waals surface area contributed by atoms with Crippen LogP contribution in [-0.2, 0) is 4.79 Å². The highest BCUT2D eigenvalue weighted by molar-refractivity contribution is 5.91. The Kier molecular flexibility index (Phi) is 4.03. The van der Waals surface area contributed by atoms with Gasteiger partial charge in [0.05, 0.1) is 0 Å². The fourth-order valence-corrected chi connectivity index (χ4v) is 3.16. The van der Waals surface area contributed by atoms with E-state index in [1.54, 1.807) is 6.08 Å². The van der Waals surface area contributed by atoms with Crippen molar-refractivity contribution in [2.75, 3.05) is 19.6 Å². The third-order valence-electron chi connectivity index (χ3n) is 4.25. The van der Waals surface area contributed by atoms with Crippen LogP contribution in [-0.4, -0.2) is 30.3 Å². The molecule has 2 nitrogen and oxygen atoms in total. The maximum absolute atomic E-state index is 11.4. The first-order valence-corrected chi connectivity index (χ1v) is 7.04. The normalized spacial score (nSPS) is 24.4. The molecule has 1 aliphatic carbocycles. The summed E-state index contributed by atoms with van der Waals surface area (Å²) in [5.74, 6) is 0.380. The minimum Gasteiger partial charge on any atom is -0.298 e. The summed E-state index contributed by atoms with van der Waals surface area (Å²) in [6.07, 6.45) is 10.9. The summed E-state index contributed by atoms with van der Waals surface area (Å²) in [5, 5.41) is 0. The van der Waals surface area contributed by atoms with Gasteiger partial charge in [-0.3, -0.25) is 9.69 Å². The van der Waals surface area contributed by atoms with Gasteiger partial charge >= 0.3 is 0 Å². The van der Waals surface area contributed by atoms with Crippen molar-refractivity contribution in [2.45, 2.75) is 46.0 Å². The second-order valence-electron chi connectivity index (χ2n) is 6.19. The Hall–Kier alpha value is -0.630. The van der Waals surface area contributed by atoms with E-state index < -0.39 is 0 Å². The van der Waals surface area contributed by atoms with Crippen molar-refractivity contribution in [3.05, 3.63) is 12.2 Å². The molecular weight excluding hydrogens is 210 g/mol. The molecule has 0 atom stereocenters. The van der Waals surface area contributed by atoms with E-state index in [4.69, 9.17) is 0 Å². The second kappa shape index (κ2) is 5.34. The molecular formula is C15H25NO. The Labute approximate surface area is 105 Å². The lowest BCUT2D eigenvalue weighted by Crippen LogP contribution is -2.56. The minimum atomic E-state index is 0.132. The van der Waals surface area contributed by atoms with Crippen LogP contribution >= 0.6 is 0 Å². The summed E-state index contributed by atoms with van der Waals surface area (Å²) in [6.45, 7) is 7.38. The molecule has 0 aromatic rings. The van der Waals surface area contributed by atoms with Crippen LogP contribution in [0.4, 0.5) is 0 Å². The molecule has 2 rings (SSSR count). The Morgan fingerprint density at radius 2 is 1.88 bits per heavy atom. The monoisotopic (exact) mass is 235 g/mol. The molecule has 1 heterocycles. The predicted molar refractivity (Wildman–Crippen MR) is 70.9 cm³/mol. The average Bonchev–Trinajstić information content (AvgIpc) is 2.27. The fourth-order valence-electron chi connectivity index (χ4n) is 3.16. The van der Waals surface area contributed by atoms with E-state index >= 15 is 0 Å². The molecule has 1 aliphatic heterocycles. The van der Waals surface area contributed by atoms with E-state index in [9.17, 15) is 4.79 Å². The highest BCUT2D eigenvalue weighted by Crippen LogP contribution is 2.43. The molecule has 0 aromatic heterocycles. The number of hydrogen-bond donors (Lipinski definition) is 0. The first-order valence-electron chi connectivity index (χ1n) is 7.04. The van der Waals surface area contributed by atoms with Gasteiger partial charge < -0.3 is 0 Å². The van der Waals surface area contributed by atoms with Crippen molar-refractivity contribution in [1.29, 1.82) is 0 Å². The second-order valence-corrected chi connectivity index (χ2v) is 6.19. The SMILES string of the molecule is CC(C)C(=O)/C=C/CN1CC2(CCCCC2)C1. The zero-order valence-electron chi connectivity index (χ0n) is 11.2. The van der Waals surface area contributed by atoms with Crippen molar-refractivity contribution in [2.24, 2.45) is 11.3 Å². The van der Waals surface area contributed by atoms with Crippen LogP contribution in [0, 0.1) is 11.3 Å². The molecule has 0 N–H and O–H groups in total. The van der Waals surface area contributed by atoms with Crippen LogP contribution < -0.4 is 0 Å². The molecule has 0 unspecified atom stereocenters. The number of carbonyl (C=O) groups excluding carboxylic acids is 1. The van der Waals surface area contributed by atoms with Crippen LogP contribution in [0.25, 0.3) is 0 Å². The van der Waals surface area contributed by atoms with E-state index in [1.165, 1.54) is 45.2 Å². The zero-order valence-corrected chi connectivity index (χ0v) is 11.2. The van der Waals surface area contributed by atoms with E-state index in [-0.39, 0.29) is 11.7 Å². The summed E-state index contributed by atoms with van der Waals surface area (Å²) in [6, 6.07) is 0. The maximum Gasteiger partial charge on any atom is 0.157 e. The smallest absolute Gasteiger partial charge is 0.157 e. The van der Waals surface area contributed by atoms with Gasteiger partial charge in [-0.25, -0.2) is 0 Å². The number of rotatable bonds is 4. The van der Waals surface area contributed by atoms with E-state index in [1.807, 2.05) is 19.9 Å². The van der Waals surface area contributed by atoms with Gasteiger partial charge in [-0.05, 0) is 24.3 Å². The molecule has 0 radical (unpaired) electrons. The molecule has 96 valence electrons. The highest BCUT2D eigenvalue weighted by Gasteiger charge is 2.42. The number of hydrogen-bond acceptors (Lipinski definition) is 2. The molecule has 1 spiro atoms. The number of carbonyl (C=O) groups is 1. The third kappa shape index (κ3) is 3.19. The van der Waals surface area contributed by atoms with Gasteiger partial charge in [-0.15, -0.1) is 0 Å². The Bertz CT molecular complexity index is 292. The topological polar surface area (TPSA) is 20.3 Å². The first kappa shape index (κ1) is 12.8. The molecule has 1 saturated heterocycles. The lowest BCUT2D eigenvalue weighted by atomic mass is 9.69. The molecule has 0 aromatic carbocycles. The lowest BCUT2D eigenvalue weighted by molar-refractivity contribution is -0.117. The van der Waals surface area contributed by atoms with Gasteiger partial charge in [-0.1, -0.05) is 39.2 Å². The van der Waals surface area contributed by atoms with Crippen LogP contribution in [0.1, 0.15) is 46.0 Å². The molecule has 2 fully saturated rings. The van der Waals surface area contributed by atoms with Crippen molar-refractivity contribution in [1.82, 2.24) is 4.90 Å². The summed E-state index contributed by atoms with van der Waals surface area (Å²) in [5.41, 5.74) is 0.661. The van der Waals surface area contributed by atoms with Crippen LogP contribution in [0.2, 0.25) is 0 Å². The van der Waals surface area contributed by atoms with Crippen LogP contribution in [0.3, 0.4) is 0 Å². The summed E-state index contributed by atoms with van der Waals surface area (Å²) in [7, 11) is 0. The van der Waals surface area contributed by atoms with E-state index in [0.29, 0.717) is 5.41 Å². The first-order chi connectivity index (χ1) is 8.11. The Balaban J connectivity index is 1.68. The Morgan fingerprint density at radius 1 is 1.24 bits per heavy atom. The molecule has 1 saturated carbocycles. The summed E-state index contributed by atoms with van der Waals surface area (Å²) < 4.78 is 0. The standard InChI is InChI=1S/C15H25NO/c1-13(2)14(17)7-6-10-16-11-15(12-16)8-4-3-5-9-15/h6-7,13H,3-5,8-12H2,1-2H3/b7-6+. The van der Waals surface area contributed by atoms with Gasteiger partial charge in [0, 0.05) is 25.6 Å². The lowest BCUT2D eigenvalue weighted by Gasteiger charge is -2.52. The molecule has 2 heteroatoms. The van der Waals surface area contributed by atoms with Gasteiger partial charge in [0.2, 0.25) is 0 Å². The van der Waals surface area contributed by atoms with Crippen molar-refractivity contribution < 1.29 is 4.79 Å². The van der Waals surface area contributed by atoms with Crippen molar-refractivity contribution >= 4 is 5.78 Å². The van der Waals surface area contributed by atoms with Crippen LogP contribution in [0.5, 0.6) is 0 Å². The van der Waals surface area contributed by atoms with Gasteiger partial charge in [0.25, 0.3) is 0 Å². The fraction of sp³-hybridized carbons (Fsp3) is 0.800. The van der Waals surface area contributed by atoms with E-state index in [2.05, 4.69) is 4.90 Å². The van der Waals surface area contributed by atoms with Gasteiger partial charge in [0.1, 0.15) is 0 Å². The number of ketones is 1. The van der Waals surface area contributed by atoms with Gasteiger partial charge in [-0.2, -0.15) is 0 Å². The number of nitrogens with zero attached hydrogens (tertiary/aromatic N) is 1. The molecule has 0 amide bonds. The minimum absolute atomic E-state index is 0.132. The highest BCUT2D eigenvalue weighted by atomic mass is 16.1. The molecule has 0 bridgehead atoms. The van der Waals surface area contributed by atoms with Crippen LogP contribution in [0.15, 0.2) is 12.2 Å². The quantitative estimate of drug-likeness (QED) is 0.698. The van der Waals surface area contributed by atoms with Gasteiger partial charge in [0.15, 0.2) is 5.78 Å². The molecule has 2 aliphatic rings. The van der Waals surface area contributed by atoms with Crippen molar-refractivity contribution in [3.63, 3.8) is 0 Å². The average molecular weight is 235 g/mol. The summed E-state index contributed by atoms with van der Waals surface area (Å²) >= 11 is 0. The maximum atomic E-state index is 11.4. The molecule has 17 heavy (non-hydrogen) atoms. The van der Waals surface area contributed by atoms with Crippen molar-refractivity contribution in [3.8, 4) is 0 Å². The predicted octanol–water partition coefficient (Wildman–Crippen LogP) is 3.03. The third-order valence-corrected chi connectivity index (χ3v) is 4.25. The zero-order chi connectivity index (χ0) is 12.3. The van der Waals surface area contributed by atoms with E-state index in [0.717, 1.165) is 6.54 Å². The number of likely N-dealkylation sites (tertiary alicyclic amines) is 1.